The molecule has 0 bridgehead atoms. The number of amides is 1. The zero-order valence-electron chi connectivity index (χ0n) is 15.0. The molecular formula is C17H27N5OS. The Morgan fingerprint density at radius 2 is 2.12 bits per heavy atom. The van der Waals surface area contributed by atoms with Crippen molar-refractivity contribution >= 4 is 23.4 Å². The number of carbonyl (C=O) groups is 1. The molecule has 1 amide bonds. The summed E-state index contributed by atoms with van der Waals surface area (Å²) in [7, 11) is 0. The van der Waals surface area contributed by atoms with E-state index in [1.54, 1.807) is 4.52 Å². The van der Waals surface area contributed by atoms with E-state index in [4.69, 9.17) is 0 Å². The zero-order valence-corrected chi connectivity index (χ0v) is 15.8. The molecule has 2 rings (SSSR count). The first-order chi connectivity index (χ1) is 11.5. The average molecular weight is 350 g/mol. The third-order valence-electron chi connectivity index (χ3n) is 4.06. The van der Waals surface area contributed by atoms with Crippen LogP contribution in [0.5, 0.6) is 0 Å². The van der Waals surface area contributed by atoms with Crippen molar-refractivity contribution in [1.82, 2.24) is 24.9 Å². The predicted molar refractivity (Wildman–Crippen MR) is 97.3 cm³/mol. The van der Waals surface area contributed by atoms with Crippen molar-refractivity contribution in [2.75, 3.05) is 12.3 Å². The maximum atomic E-state index is 12.0. The number of nitrogens with zero attached hydrogens (tertiary/aromatic N) is 4. The van der Waals surface area contributed by atoms with Crippen LogP contribution in [-0.2, 0) is 4.79 Å². The molecular weight excluding hydrogens is 322 g/mol. The summed E-state index contributed by atoms with van der Waals surface area (Å²) >= 11 is 1.35. The van der Waals surface area contributed by atoms with E-state index in [-0.39, 0.29) is 5.91 Å². The van der Waals surface area contributed by atoms with Crippen molar-refractivity contribution in [3.63, 3.8) is 0 Å². The fourth-order valence-electron chi connectivity index (χ4n) is 2.59. The van der Waals surface area contributed by atoms with E-state index in [0.717, 1.165) is 24.4 Å². The third-order valence-corrected chi connectivity index (χ3v) is 4.90. The number of aromatic nitrogens is 4. The molecule has 7 heteroatoms. The highest BCUT2D eigenvalue weighted by molar-refractivity contribution is 7.99. The lowest BCUT2D eigenvalue weighted by Crippen LogP contribution is -2.30. The number of hydrogen-bond acceptors (Lipinski definition) is 5. The van der Waals surface area contributed by atoms with Gasteiger partial charge >= 0.3 is 0 Å². The minimum atomic E-state index is 0.0367. The van der Waals surface area contributed by atoms with Crippen molar-refractivity contribution < 1.29 is 4.79 Å². The van der Waals surface area contributed by atoms with Crippen LogP contribution in [0.25, 0.3) is 5.78 Å². The van der Waals surface area contributed by atoms with E-state index in [0.29, 0.717) is 22.6 Å². The van der Waals surface area contributed by atoms with Crippen molar-refractivity contribution in [3.05, 3.63) is 17.5 Å². The number of nitrogens with one attached hydrogen (secondary N) is 1. The second-order valence-electron chi connectivity index (χ2n) is 6.15. The molecule has 2 heterocycles. The lowest BCUT2D eigenvalue weighted by atomic mass is 9.99. The summed E-state index contributed by atoms with van der Waals surface area (Å²) < 4.78 is 1.71. The number of rotatable bonds is 9. The quantitative estimate of drug-likeness (QED) is 0.704. The van der Waals surface area contributed by atoms with Gasteiger partial charge in [0, 0.05) is 17.9 Å². The van der Waals surface area contributed by atoms with E-state index in [1.165, 1.54) is 31.0 Å². The SMILES string of the molecule is CCCC[C@H](CC)CNC(=O)CSc1nc2nc(C)cc(C)n2n1. The normalized spacial score (nSPS) is 12.5. The fraction of sp³-hybridized carbons (Fsp3) is 0.647. The Morgan fingerprint density at radius 1 is 1.33 bits per heavy atom. The maximum absolute atomic E-state index is 12.0. The summed E-state index contributed by atoms with van der Waals surface area (Å²) in [4.78, 5) is 20.8. The first-order valence-corrected chi connectivity index (χ1v) is 9.62. The van der Waals surface area contributed by atoms with Gasteiger partial charge in [-0.3, -0.25) is 4.79 Å². The van der Waals surface area contributed by atoms with Gasteiger partial charge in [0.2, 0.25) is 11.1 Å². The van der Waals surface area contributed by atoms with Crippen molar-refractivity contribution in [2.24, 2.45) is 5.92 Å². The fourth-order valence-corrected chi connectivity index (χ4v) is 3.24. The molecule has 0 aliphatic heterocycles. The molecule has 24 heavy (non-hydrogen) atoms. The van der Waals surface area contributed by atoms with Gasteiger partial charge in [-0.05, 0) is 32.3 Å². The monoisotopic (exact) mass is 349 g/mol. The number of unbranched alkanes of at least 4 members (excludes halogenated alkanes) is 1. The van der Waals surface area contributed by atoms with E-state index in [9.17, 15) is 4.79 Å². The molecule has 2 aromatic rings. The highest BCUT2D eigenvalue weighted by Crippen LogP contribution is 2.15. The second kappa shape index (κ2) is 9.01. The minimum Gasteiger partial charge on any atom is -0.355 e. The van der Waals surface area contributed by atoms with Crippen LogP contribution in [-0.4, -0.2) is 37.8 Å². The molecule has 0 aliphatic rings. The Bertz CT molecular complexity index is 685. The van der Waals surface area contributed by atoms with Crippen LogP contribution in [0.3, 0.4) is 0 Å². The van der Waals surface area contributed by atoms with Gasteiger partial charge < -0.3 is 5.32 Å². The van der Waals surface area contributed by atoms with E-state index >= 15 is 0 Å². The largest absolute Gasteiger partial charge is 0.355 e. The molecule has 1 atom stereocenters. The third kappa shape index (κ3) is 5.19. The topological polar surface area (TPSA) is 72.2 Å². The molecule has 6 nitrogen and oxygen atoms in total. The number of thioether (sulfide) groups is 1. The van der Waals surface area contributed by atoms with Crippen LogP contribution in [0.4, 0.5) is 0 Å². The highest BCUT2D eigenvalue weighted by Gasteiger charge is 2.12. The lowest BCUT2D eigenvalue weighted by Gasteiger charge is -2.14. The molecule has 1 N–H and O–H groups in total. The average Bonchev–Trinajstić information content (AvgIpc) is 2.96. The molecule has 0 saturated heterocycles. The van der Waals surface area contributed by atoms with Crippen molar-refractivity contribution in [1.29, 1.82) is 0 Å². The summed E-state index contributed by atoms with van der Waals surface area (Å²) in [6, 6.07) is 1.96. The molecule has 0 aliphatic carbocycles. The van der Waals surface area contributed by atoms with Gasteiger partial charge in [0.1, 0.15) is 0 Å². The Labute approximate surface area is 147 Å². The summed E-state index contributed by atoms with van der Waals surface area (Å²) in [5.41, 5.74) is 1.90. The maximum Gasteiger partial charge on any atom is 0.253 e. The zero-order chi connectivity index (χ0) is 17.5. The first-order valence-electron chi connectivity index (χ1n) is 8.64. The van der Waals surface area contributed by atoms with E-state index < -0.39 is 0 Å². The Morgan fingerprint density at radius 3 is 2.83 bits per heavy atom. The van der Waals surface area contributed by atoms with E-state index in [2.05, 4.69) is 34.2 Å². The van der Waals surface area contributed by atoms with Crippen LogP contribution in [0, 0.1) is 19.8 Å². The summed E-state index contributed by atoms with van der Waals surface area (Å²) in [6.45, 7) is 9.04. The number of fused-ring (bicyclic) bond motifs is 1. The summed E-state index contributed by atoms with van der Waals surface area (Å²) in [5.74, 6) is 1.52. The van der Waals surface area contributed by atoms with Gasteiger partial charge in [-0.2, -0.15) is 4.98 Å². The van der Waals surface area contributed by atoms with Crippen molar-refractivity contribution in [2.45, 2.75) is 58.5 Å². The summed E-state index contributed by atoms with van der Waals surface area (Å²) in [5, 5.41) is 8.02. The molecule has 0 fully saturated rings. The van der Waals surface area contributed by atoms with Crippen LogP contribution < -0.4 is 5.32 Å². The van der Waals surface area contributed by atoms with Crippen LogP contribution >= 0.6 is 11.8 Å². The molecule has 132 valence electrons. The summed E-state index contributed by atoms with van der Waals surface area (Å²) in [6.07, 6.45) is 4.71. The second-order valence-corrected chi connectivity index (χ2v) is 7.10. The van der Waals surface area contributed by atoms with Crippen LogP contribution in [0.1, 0.15) is 50.9 Å². The van der Waals surface area contributed by atoms with Gasteiger partial charge in [0.15, 0.2) is 0 Å². The standard InChI is InChI=1S/C17H27N5OS/c1-5-7-8-14(6-2)10-18-15(23)11-24-17-20-16-19-12(3)9-13(4)22(16)21-17/h9,14H,5-8,10-11H2,1-4H3,(H,18,23)/t14-/m0/s1. The molecule has 0 spiro atoms. The van der Waals surface area contributed by atoms with Gasteiger partial charge in [-0.1, -0.05) is 44.9 Å². The van der Waals surface area contributed by atoms with Crippen molar-refractivity contribution in [3.8, 4) is 0 Å². The Hall–Kier alpha value is -1.63. The Kier molecular flexibility index (Phi) is 7.02. The van der Waals surface area contributed by atoms with Crippen LogP contribution in [0.15, 0.2) is 11.2 Å². The molecule has 0 unspecified atom stereocenters. The van der Waals surface area contributed by atoms with Gasteiger partial charge in [-0.25, -0.2) is 9.50 Å². The minimum absolute atomic E-state index is 0.0367. The number of carbonyl (C=O) groups excluding carboxylic acids is 1. The molecule has 0 aromatic carbocycles. The van der Waals surface area contributed by atoms with Gasteiger partial charge in [0.05, 0.1) is 5.75 Å². The lowest BCUT2D eigenvalue weighted by molar-refractivity contribution is -0.118. The molecule has 2 aromatic heterocycles. The Balaban J connectivity index is 1.84. The smallest absolute Gasteiger partial charge is 0.253 e. The van der Waals surface area contributed by atoms with E-state index in [1.807, 2.05) is 19.9 Å². The van der Waals surface area contributed by atoms with Crippen LogP contribution in [0.2, 0.25) is 0 Å². The number of aryl methyl sites for hydroxylation is 2. The van der Waals surface area contributed by atoms with Gasteiger partial charge in [0.25, 0.3) is 5.78 Å². The molecule has 0 radical (unpaired) electrons. The number of hydrogen-bond donors (Lipinski definition) is 1. The predicted octanol–water partition coefficient (Wildman–Crippen LogP) is 3.17. The molecule has 0 saturated carbocycles. The van der Waals surface area contributed by atoms with Gasteiger partial charge in [-0.15, -0.1) is 5.10 Å². The highest BCUT2D eigenvalue weighted by atomic mass is 32.2. The first kappa shape index (κ1) is 18.7.